The molecule has 0 radical (unpaired) electrons. The number of benzene rings is 1. The Bertz CT molecular complexity index is 581. The van der Waals surface area contributed by atoms with E-state index in [4.69, 9.17) is 0 Å². The first-order valence-corrected chi connectivity index (χ1v) is 5.67. The van der Waals surface area contributed by atoms with Gasteiger partial charge in [0, 0.05) is 18.5 Å². The van der Waals surface area contributed by atoms with Crippen molar-refractivity contribution in [3.8, 4) is 11.3 Å². The predicted molar refractivity (Wildman–Crippen MR) is 64.4 cm³/mol. The van der Waals surface area contributed by atoms with Gasteiger partial charge in [-0.25, -0.2) is 4.39 Å². The van der Waals surface area contributed by atoms with Crippen molar-refractivity contribution < 1.29 is 4.39 Å². The highest BCUT2D eigenvalue weighted by Gasteiger charge is 2.21. The van der Waals surface area contributed by atoms with Crippen LogP contribution in [-0.2, 0) is 6.42 Å². The minimum absolute atomic E-state index is 0.198. The molecule has 1 aliphatic rings. The molecule has 0 fully saturated rings. The minimum atomic E-state index is -0.198. The second-order valence-electron chi connectivity index (χ2n) is 4.11. The number of fused-ring (bicyclic) bond motifs is 3. The van der Waals surface area contributed by atoms with E-state index >= 15 is 0 Å². The zero-order chi connectivity index (χ0) is 11.8. The van der Waals surface area contributed by atoms with Gasteiger partial charge in [-0.1, -0.05) is 0 Å². The summed E-state index contributed by atoms with van der Waals surface area (Å²) < 4.78 is 13.1. The van der Waals surface area contributed by atoms with E-state index in [1.807, 2.05) is 13.0 Å². The van der Waals surface area contributed by atoms with Crippen molar-refractivity contribution in [3.05, 3.63) is 41.2 Å². The number of halogens is 1. The molecule has 3 rings (SSSR count). The zero-order valence-corrected chi connectivity index (χ0v) is 9.50. The first-order chi connectivity index (χ1) is 8.28. The molecule has 1 aromatic heterocycles. The summed E-state index contributed by atoms with van der Waals surface area (Å²) in [5.41, 5.74) is 3.97. The highest BCUT2D eigenvalue weighted by Crippen LogP contribution is 2.35. The quantitative estimate of drug-likeness (QED) is 0.734. The third-order valence-electron chi connectivity index (χ3n) is 2.93. The highest BCUT2D eigenvalue weighted by atomic mass is 19.1. The molecule has 86 valence electrons. The van der Waals surface area contributed by atoms with Gasteiger partial charge in [0.15, 0.2) is 0 Å². The molecule has 17 heavy (non-hydrogen) atoms. The van der Waals surface area contributed by atoms with Crippen molar-refractivity contribution in [2.75, 3.05) is 11.9 Å². The molecule has 0 unspecified atom stereocenters. The van der Waals surface area contributed by atoms with E-state index in [-0.39, 0.29) is 5.82 Å². The van der Waals surface area contributed by atoms with Crippen LogP contribution in [0.1, 0.15) is 18.1 Å². The van der Waals surface area contributed by atoms with Gasteiger partial charge in [-0.3, -0.25) is 0 Å². The number of hydrogen-bond donors (Lipinski definition) is 1. The fraction of sp³-hybridized carbons (Fsp3) is 0.231. The lowest BCUT2D eigenvalue weighted by atomic mass is 10.1. The van der Waals surface area contributed by atoms with E-state index in [1.54, 1.807) is 12.1 Å². The highest BCUT2D eigenvalue weighted by molar-refractivity contribution is 5.73. The van der Waals surface area contributed by atoms with Gasteiger partial charge in [-0.15, -0.1) is 10.2 Å². The van der Waals surface area contributed by atoms with Gasteiger partial charge in [0.25, 0.3) is 0 Å². The third-order valence-corrected chi connectivity index (χ3v) is 2.93. The van der Waals surface area contributed by atoms with Crippen LogP contribution in [0.4, 0.5) is 10.2 Å². The smallest absolute Gasteiger partial charge is 0.148 e. The lowest BCUT2D eigenvalue weighted by Crippen LogP contribution is -2.01. The number of rotatable bonds is 2. The van der Waals surface area contributed by atoms with E-state index in [0.29, 0.717) is 0 Å². The molecule has 3 nitrogen and oxygen atoms in total. The lowest BCUT2D eigenvalue weighted by Gasteiger charge is -2.03. The number of anilines is 1. The van der Waals surface area contributed by atoms with Crippen LogP contribution >= 0.6 is 0 Å². The van der Waals surface area contributed by atoms with E-state index in [9.17, 15) is 4.39 Å². The van der Waals surface area contributed by atoms with Crippen molar-refractivity contribution >= 4 is 5.82 Å². The number of nitrogens with one attached hydrogen (secondary N) is 1. The standard InChI is InChI=1S/C13H12FN3/c1-2-15-12-7-9-5-8-6-10(14)3-4-11(8)13(9)17-16-12/h3-4,6-7H,2,5H2,1H3,(H,15,16). The Morgan fingerprint density at radius 3 is 2.94 bits per heavy atom. The van der Waals surface area contributed by atoms with E-state index in [0.717, 1.165) is 41.2 Å². The molecule has 4 heteroatoms. The average Bonchev–Trinajstić information content (AvgIpc) is 2.65. The number of nitrogens with zero attached hydrogens (tertiary/aromatic N) is 2. The number of hydrogen-bond acceptors (Lipinski definition) is 3. The van der Waals surface area contributed by atoms with E-state index in [2.05, 4.69) is 15.5 Å². The van der Waals surface area contributed by atoms with E-state index < -0.39 is 0 Å². The second kappa shape index (κ2) is 3.80. The molecule has 0 bridgehead atoms. The van der Waals surface area contributed by atoms with Crippen LogP contribution in [0.5, 0.6) is 0 Å². The molecule has 0 atom stereocenters. The lowest BCUT2D eigenvalue weighted by molar-refractivity contribution is 0.626. The van der Waals surface area contributed by atoms with Crippen molar-refractivity contribution in [1.29, 1.82) is 0 Å². The fourth-order valence-electron chi connectivity index (χ4n) is 2.20. The van der Waals surface area contributed by atoms with Gasteiger partial charge in [-0.05, 0) is 42.3 Å². The van der Waals surface area contributed by atoms with Crippen LogP contribution in [0.25, 0.3) is 11.3 Å². The molecule has 0 saturated carbocycles. The normalized spacial score (nSPS) is 12.1. The second-order valence-corrected chi connectivity index (χ2v) is 4.11. The van der Waals surface area contributed by atoms with E-state index in [1.165, 1.54) is 6.07 Å². The molecule has 1 heterocycles. The Morgan fingerprint density at radius 1 is 1.24 bits per heavy atom. The Morgan fingerprint density at radius 2 is 2.12 bits per heavy atom. The van der Waals surface area contributed by atoms with Crippen LogP contribution in [0.2, 0.25) is 0 Å². The SMILES string of the molecule is CCNc1cc2c(nn1)-c1ccc(F)cc1C2. The monoisotopic (exact) mass is 229 g/mol. The van der Waals surface area contributed by atoms with Crippen LogP contribution in [0, 0.1) is 5.82 Å². The summed E-state index contributed by atoms with van der Waals surface area (Å²) in [4.78, 5) is 0. The average molecular weight is 229 g/mol. The fourth-order valence-corrected chi connectivity index (χ4v) is 2.20. The maximum atomic E-state index is 13.1. The zero-order valence-electron chi connectivity index (χ0n) is 9.50. The summed E-state index contributed by atoms with van der Waals surface area (Å²) in [5, 5.41) is 11.4. The summed E-state index contributed by atoms with van der Waals surface area (Å²) >= 11 is 0. The van der Waals surface area contributed by atoms with Gasteiger partial charge in [0.1, 0.15) is 11.6 Å². The maximum Gasteiger partial charge on any atom is 0.148 e. The summed E-state index contributed by atoms with van der Waals surface area (Å²) in [6.45, 7) is 2.83. The van der Waals surface area contributed by atoms with Gasteiger partial charge in [-0.2, -0.15) is 0 Å². The molecule has 1 aliphatic carbocycles. The first kappa shape index (κ1) is 10.2. The van der Waals surface area contributed by atoms with Gasteiger partial charge in [0.05, 0.1) is 5.69 Å². The molecule has 0 saturated heterocycles. The third kappa shape index (κ3) is 1.65. The molecule has 0 amide bonds. The van der Waals surface area contributed by atoms with Crippen molar-refractivity contribution in [1.82, 2.24) is 10.2 Å². The summed E-state index contributed by atoms with van der Waals surface area (Å²) in [7, 11) is 0. The van der Waals surface area contributed by atoms with Crippen molar-refractivity contribution in [3.63, 3.8) is 0 Å². The van der Waals surface area contributed by atoms with Crippen LogP contribution in [0.3, 0.4) is 0 Å². The van der Waals surface area contributed by atoms with Gasteiger partial charge < -0.3 is 5.32 Å². The molecule has 0 aliphatic heterocycles. The van der Waals surface area contributed by atoms with Crippen molar-refractivity contribution in [2.24, 2.45) is 0 Å². The molecular formula is C13H12FN3. The predicted octanol–water partition coefficient (Wildman–Crippen LogP) is 2.62. The Labute approximate surface area is 98.7 Å². The van der Waals surface area contributed by atoms with Gasteiger partial charge in [0.2, 0.25) is 0 Å². The molecular weight excluding hydrogens is 217 g/mol. The Kier molecular flexibility index (Phi) is 2.28. The van der Waals surface area contributed by atoms with Crippen LogP contribution in [-0.4, -0.2) is 16.7 Å². The van der Waals surface area contributed by atoms with Gasteiger partial charge >= 0.3 is 0 Å². The summed E-state index contributed by atoms with van der Waals surface area (Å²) in [6.07, 6.45) is 0.732. The van der Waals surface area contributed by atoms with Crippen LogP contribution < -0.4 is 5.32 Å². The molecule has 1 N–H and O–H groups in total. The first-order valence-electron chi connectivity index (χ1n) is 5.67. The number of aromatic nitrogens is 2. The molecule has 0 spiro atoms. The summed E-state index contributed by atoms with van der Waals surface area (Å²) in [6, 6.07) is 6.81. The maximum absolute atomic E-state index is 13.1. The summed E-state index contributed by atoms with van der Waals surface area (Å²) in [5.74, 6) is 0.580. The minimum Gasteiger partial charge on any atom is -0.369 e. The largest absolute Gasteiger partial charge is 0.369 e. The van der Waals surface area contributed by atoms with Crippen molar-refractivity contribution in [2.45, 2.75) is 13.3 Å². The topological polar surface area (TPSA) is 37.8 Å². The molecule has 2 aromatic rings. The molecule has 1 aromatic carbocycles. The Hall–Kier alpha value is -1.97. The Balaban J connectivity index is 2.06. The van der Waals surface area contributed by atoms with Crippen LogP contribution in [0.15, 0.2) is 24.3 Å².